The van der Waals surface area contributed by atoms with Gasteiger partial charge < -0.3 is 14.7 Å². The molecule has 0 amide bonds. The first-order valence-corrected chi connectivity index (χ1v) is 7.01. The summed E-state index contributed by atoms with van der Waals surface area (Å²) >= 11 is 0. The van der Waals surface area contributed by atoms with Crippen molar-refractivity contribution in [3.8, 4) is 0 Å². The molecule has 5 heteroatoms. The Morgan fingerprint density at radius 2 is 2.35 bits per heavy atom. The number of carbonyl (C=O) groups is 1. The number of aromatic carboxylic acids is 1. The number of hydrogen-bond acceptors (Lipinski definition) is 3. The van der Waals surface area contributed by atoms with Crippen LogP contribution in [0.15, 0.2) is 18.2 Å². The maximum atomic E-state index is 14.0. The Labute approximate surface area is 118 Å². The molecule has 1 aromatic rings. The highest BCUT2D eigenvalue weighted by atomic mass is 19.1. The lowest BCUT2D eigenvalue weighted by Crippen LogP contribution is -2.40. The third kappa shape index (κ3) is 3.48. The van der Waals surface area contributed by atoms with E-state index in [1.54, 1.807) is 6.07 Å². The monoisotopic (exact) mass is 281 g/mol. The molecule has 1 aliphatic heterocycles. The summed E-state index contributed by atoms with van der Waals surface area (Å²) in [6, 6.07) is 4.06. The van der Waals surface area contributed by atoms with Gasteiger partial charge in [0, 0.05) is 19.7 Å². The van der Waals surface area contributed by atoms with Gasteiger partial charge in [-0.1, -0.05) is 6.92 Å². The highest BCUT2D eigenvalue weighted by molar-refractivity contribution is 5.88. The van der Waals surface area contributed by atoms with Crippen molar-refractivity contribution < 1.29 is 19.0 Å². The summed E-state index contributed by atoms with van der Waals surface area (Å²) < 4.78 is 19.8. The quantitative estimate of drug-likeness (QED) is 0.901. The molecule has 0 spiro atoms. The zero-order valence-corrected chi connectivity index (χ0v) is 11.6. The molecule has 0 saturated carbocycles. The summed E-state index contributed by atoms with van der Waals surface area (Å²) in [7, 11) is 0. The minimum Gasteiger partial charge on any atom is -0.478 e. The summed E-state index contributed by atoms with van der Waals surface area (Å²) in [5, 5.41) is 8.85. The van der Waals surface area contributed by atoms with Crippen molar-refractivity contribution in [3.63, 3.8) is 0 Å². The number of nitrogens with zero attached hydrogens (tertiary/aromatic N) is 1. The standard InChI is InChI=1S/C15H20FNO3/c1-2-8-20-12-4-3-7-17(10-12)14-6-5-11(15(18)19)9-13(14)16/h5-6,9,12H,2-4,7-8,10H2,1H3,(H,18,19). The van der Waals surface area contributed by atoms with E-state index in [2.05, 4.69) is 6.92 Å². The predicted molar refractivity (Wildman–Crippen MR) is 74.8 cm³/mol. The van der Waals surface area contributed by atoms with Gasteiger partial charge in [0.25, 0.3) is 0 Å². The summed E-state index contributed by atoms with van der Waals surface area (Å²) in [5.74, 6) is -1.60. The van der Waals surface area contributed by atoms with Crippen LogP contribution in [0, 0.1) is 5.82 Å². The predicted octanol–water partition coefficient (Wildman–Crippen LogP) is 2.92. The molecule has 4 nitrogen and oxygen atoms in total. The molecule has 1 fully saturated rings. The zero-order valence-electron chi connectivity index (χ0n) is 11.6. The highest BCUT2D eigenvalue weighted by Gasteiger charge is 2.22. The second-order valence-corrected chi connectivity index (χ2v) is 5.05. The zero-order chi connectivity index (χ0) is 14.5. The molecular formula is C15H20FNO3. The molecule has 1 aromatic carbocycles. The average molecular weight is 281 g/mol. The first-order chi connectivity index (χ1) is 9.61. The van der Waals surface area contributed by atoms with Gasteiger partial charge in [-0.2, -0.15) is 0 Å². The minimum atomic E-state index is -1.11. The van der Waals surface area contributed by atoms with Crippen molar-refractivity contribution in [2.75, 3.05) is 24.6 Å². The molecule has 0 bridgehead atoms. The summed E-state index contributed by atoms with van der Waals surface area (Å²) in [5.41, 5.74) is 0.432. The number of carboxylic acid groups (broad SMARTS) is 1. The fourth-order valence-electron chi connectivity index (χ4n) is 2.47. The van der Waals surface area contributed by atoms with Crippen molar-refractivity contribution in [2.24, 2.45) is 0 Å². The molecular weight excluding hydrogens is 261 g/mol. The first-order valence-electron chi connectivity index (χ1n) is 7.01. The van der Waals surface area contributed by atoms with Crippen molar-refractivity contribution in [1.29, 1.82) is 0 Å². The summed E-state index contributed by atoms with van der Waals surface area (Å²) in [6.07, 6.45) is 3.04. The number of hydrogen-bond donors (Lipinski definition) is 1. The third-order valence-electron chi connectivity index (χ3n) is 3.47. The Balaban J connectivity index is 2.08. The number of rotatable bonds is 5. The SMILES string of the molecule is CCCOC1CCCN(c2ccc(C(=O)O)cc2F)C1. The molecule has 20 heavy (non-hydrogen) atoms. The number of piperidine rings is 1. The Hall–Kier alpha value is -1.62. The van der Waals surface area contributed by atoms with Crippen LogP contribution in [0.4, 0.5) is 10.1 Å². The van der Waals surface area contributed by atoms with Gasteiger partial charge in [-0.05, 0) is 37.5 Å². The number of carboxylic acids is 1. The van der Waals surface area contributed by atoms with E-state index in [0.29, 0.717) is 12.2 Å². The second kappa shape index (κ2) is 6.70. The highest BCUT2D eigenvalue weighted by Crippen LogP contribution is 2.25. The minimum absolute atomic E-state index is 0.0259. The lowest BCUT2D eigenvalue weighted by atomic mass is 10.1. The van der Waals surface area contributed by atoms with E-state index in [0.717, 1.165) is 38.5 Å². The van der Waals surface area contributed by atoms with Crippen LogP contribution in [0.1, 0.15) is 36.5 Å². The lowest BCUT2D eigenvalue weighted by molar-refractivity contribution is 0.0439. The number of benzene rings is 1. The van der Waals surface area contributed by atoms with Gasteiger partial charge >= 0.3 is 5.97 Å². The molecule has 0 aliphatic carbocycles. The fraction of sp³-hybridized carbons (Fsp3) is 0.533. The topological polar surface area (TPSA) is 49.8 Å². The first kappa shape index (κ1) is 14.8. The number of anilines is 1. The van der Waals surface area contributed by atoms with Gasteiger partial charge in [0.2, 0.25) is 0 Å². The van der Waals surface area contributed by atoms with E-state index >= 15 is 0 Å². The van der Waals surface area contributed by atoms with Crippen molar-refractivity contribution >= 4 is 11.7 Å². The fourth-order valence-corrected chi connectivity index (χ4v) is 2.47. The van der Waals surface area contributed by atoms with Crippen LogP contribution in [0.3, 0.4) is 0 Å². The number of ether oxygens (including phenoxy) is 1. The Bertz CT molecular complexity index is 478. The smallest absolute Gasteiger partial charge is 0.335 e. The van der Waals surface area contributed by atoms with Crippen LogP contribution in [-0.4, -0.2) is 36.9 Å². The van der Waals surface area contributed by atoms with E-state index in [-0.39, 0.29) is 11.7 Å². The van der Waals surface area contributed by atoms with Crippen LogP contribution in [0.25, 0.3) is 0 Å². The maximum Gasteiger partial charge on any atom is 0.335 e. The van der Waals surface area contributed by atoms with Gasteiger partial charge in [-0.3, -0.25) is 0 Å². The van der Waals surface area contributed by atoms with Crippen LogP contribution in [0.5, 0.6) is 0 Å². The van der Waals surface area contributed by atoms with E-state index in [4.69, 9.17) is 9.84 Å². The van der Waals surface area contributed by atoms with Crippen molar-refractivity contribution in [1.82, 2.24) is 0 Å². The Morgan fingerprint density at radius 1 is 1.55 bits per heavy atom. The second-order valence-electron chi connectivity index (χ2n) is 5.05. The molecule has 110 valence electrons. The molecule has 1 atom stereocenters. The molecule has 1 saturated heterocycles. The molecule has 0 radical (unpaired) electrons. The molecule has 1 aliphatic rings. The Kier molecular flexibility index (Phi) is 4.95. The average Bonchev–Trinajstić information content (AvgIpc) is 2.45. The van der Waals surface area contributed by atoms with Crippen molar-refractivity contribution in [3.05, 3.63) is 29.6 Å². The van der Waals surface area contributed by atoms with E-state index in [9.17, 15) is 9.18 Å². The van der Waals surface area contributed by atoms with Gasteiger partial charge in [-0.15, -0.1) is 0 Å². The summed E-state index contributed by atoms with van der Waals surface area (Å²) in [4.78, 5) is 12.7. The van der Waals surface area contributed by atoms with E-state index in [1.165, 1.54) is 6.07 Å². The molecule has 2 rings (SSSR count). The summed E-state index contributed by atoms with van der Waals surface area (Å²) in [6.45, 7) is 4.21. The Morgan fingerprint density at radius 3 is 3.00 bits per heavy atom. The van der Waals surface area contributed by atoms with Gasteiger partial charge in [0.1, 0.15) is 5.82 Å². The maximum absolute atomic E-state index is 14.0. The van der Waals surface area contributed by atoms with Crippen LogP contribution < -0.4 is 4.90 Å². The normalized spacial score (nSPS) is 19.1. The van der Waals surface area contributed by atoms with E-state index < -0.39 is 11.8 Å². The lowest BCUT2D eigenvalue weighted by Gasteiger charge is -2.34. The van der Waals surface area contributed by atoms with Gasteiger partial charge in [-0.25, -0.2) is 9.18 Å². The number of halogens is 1. The molecule has 1 heterocycles. The van der Waals surface area contributed by atoms with Gasteiger partial charge in [0.05, 0.1) is 17.4 Å². The van der Waals surface area contributed by atoms with E-state index in [1.807, 2.05) is 4.90 Å². The van der Waals surface area contributed by atoms with Crippen LogP contribution in [-0.2, 0) is 4.74 Å². The molecule has 1 unspecified atom stereocenters. The molecule has 0 aromatic heterocycles. The van der Waals surface area contributed by atoms with Crippen molar-refractivity contribution in [2.45, 2.75) is 32.3 Å². The van der Waals surface area contributed by atoms with Crippen LogP contribution >= 0.6 is 0 Å². The third-order valence-corrected chi connectivity index (χ3v) is 3.47. The largest absolute Gasteiger partial charge is 0.478 e. The van der Waals surface area contributed by atoms with Gasteiger partial charge in [0.15, 0.2) is 0 Å². The van der Waals surface area contributed by atoms with Crippen LogP contribution in [0.2, 0.25) is 0 Å². The molecule has 1 N–H and O–H groups in total.